The Hall–Kier alpha value is -2.89. The Labute approximate surface area is 209 Å². The van der Waals surface area contributed by atoms with Crippen LogP contribution >= 0.6 is 0 Å². The highest BCUT2D eigenvalue weighted by Gasteiger charge is 2.32. The average molecular weight is 511 g/mol. The van der Waals surface area contributed by atoms with Gasteiger partial charge in [0.25, 0.3) is 5.91 Å². The molecule has 8 nitrogen and oxygen atoms in total. The molecule has 0 saturated carbocycles. The summed E-state index contributed by atoms with van der Waals surface area (Å²) in [5, 5.41) is 3.64. The summed E-state index contributed by atoms with van der Waals surface area (Å²) in [6, 6.07) is 4.87. The monoisotopic (exact) mass is 510 g/mol. The number of ether oxygens (including phenoxy) is 3. The summed E-state index contributed by atoms with van der Waals surface area (Å²) < 4.78 is 55.6. The van der Waals surface area contributed by atoms with Crippen molar-refractivity contribution >= 4 is 12.2 Å². The minimum atomic E-state index is -4.51. The molecule has 0 spiro atoms. The number of nitrogens with zero attached hydrogens (tertiary/aromatic N) is 2. The molecule has 1 amide bonds. The van der Waals surface area contributed by atoms with Gasteiger partial charge in [-0.2, -0.15) is 13.2 Å². The minimum Gasteiger partial charge on any atom is -0.458 e. The van der Waals surface area contributed by atoms with E-state index in [-0.39, 0.29) is 46.9 Å². The molecular formula is C25H33F3N4O4. The maximum Gasteiger partial charge on any atom is 0.416 e. The molecule has 0 aliphatic carbocycles. The van der Waals surface area contributed by atoms with E-state index < -0.39 is 11.7 Å². The van der Waals surface area contributed by atoms with Gasteiger partial charge in [0.05, 0.1) is 24.6 Å². The lowest BCUT2D eigenvalue weighted by molar-refractivity contribution is -0.137. The summed E-state index contributed by atoms with van der Waals surface area (Å²) in [5.41, 5.74) is 4.95. The number of carbonyl (C=O) groups is 1. The lowest BCUT2D eigenvalue weighted by Crippen LogP contribution is -2.54. The predicted molar refractivity (Wildman–Crippen MR) is 129 cm³/mol. The van der Waals surface area contributed by atoms with Crippen LogP contribution in [0.3, 0.4) is 0 Å². The van der Waals surface area contributed by atoms with Gasteiger partial charge in [-0.05, 0) is 44.4 Å². The molecule has 0 aromatic heterocycles. The Morgan fingerprint density at radius 1 is 1.31 bits per heavy atom. The number of nitrogens with one attached hydrogen (secondary N) is 1. The number of benzene rings is 1. The molecular weight excluding hydrogens is 477 g/mol. The summed E-state index contributed by atoms with van der Waals surface area (Å²) in [6.07, 6.45) is -1.15. The molecule has 2 saturated heterocycles. The van der Waals surface area contributed by atoms with Gasteiger partial charge in [0, 0.05) is 44.5 Å². The zero-order valence-corrected chi connectivity index (χ0v) is 20.5. The number of halogens is 3. The Morgan fingerprint density at radius 3 is 2.67 bits per heavy atom. The van der Waals surface area contributed by atoms with Crippen LogP contribution in [-0.2, 0) is 20.4 Å². The third-order valence-electron chi connectivity index (χ3n) is 6.42. The van der Waals surface area contributed by atoms with Crippen molar-refractivity contribution in [3.8, 4) is 5.75 Å². The number of nitrogens with two attached hydrogens (primary N) is 1. The van der Waals surface area contributed by atoms with E-state index in [1.54, 1.807) is 18.9 Å². The number of hydrogen-bond acceptors (Lipinski definition) is 6. The van der Waals surface area contributed by atoms with Crippen LogP contribution in [0.5, 0.6) is 5.75 Å². The summed E-state index contributed by atoms with van der Waals surface area (Å²) >= 11 is 0. The number of methoxy groups -OCH3 is 1. The van der Waals surface area contributed by atoms with E-state index in [1.807, 2.05) is 0 Å². The maximum atomic E-state index is 13.3. The van der Waals surface area contributed by atoms with Crippen molar-refractivity contribution < 1.29 is 32.2 Å². The van der Waals surface area contributed by atoms with Crippen LogP contribution in [0.2, 0.25) is 0 Å². The van der Waals surface area contributed by atoms with Gasteiger partial charge in [0.2, 0.25) is 0 Å². The fourth-order valence-electron chi connectivity index (χ4n) is 4.31. The molecule has 2 unspecified atom stereocenters. The van der Waals surface area contributed by atoms with Crippen LogP contribution in [0.15, 0.2) is 52.9 Å². The second-order valence-corrected chi connectivity index (χ2v) is 8.78. The van der Waals surface area contributed by atoms with Crippen molar-refractivity contribution in [2.24, 2.45) is 10.7 Å². The van der Waals surface area contributed by atoms with Crippen LogP contribution in [0.1, 0.15) is 31.7 Å². The second kappa shape index (κ2) is 12.4. The van der Waals surface area contributed by atoms with E-state index in [2.05, 4.69) is 16.9 Å². The van der Waals surface area contributed by atoms with E-state index in [4.69, 9.17) is 19.9 Å². The molecule has 198 valence electrons. The summed E-state index contributed by atoms with van der Waals surface area (Å²) in [4.78, 5) is 19.0. The first-order valence-electron chi connectivity index (χ1n) is 11.8. The molecule has 1 aromatic rings. The van der Waals surface area contributed by atoms with Gasteiger partial charge in [0.1, 0.15) is 17.2 Å². The predicted octanol–water partition coefficient (Wildman–Crippen LogP) is 3.24. The number of piperidine rings is 1. The molecule has 0 radical (unpaired) electrons. The second-order valence-electron chi connectivity index (χ2n) is 8.78. The molecule has 36 heavy (non-hydrogen) atoms. The quantitative estimate of drug-likeness (QED) is 0.183. The zero-order valence-electron chi connectivity index (χ0n) is 20.5. The number of likely N-dealkylation sites (tertiary alicyclic amines) is 1. The number of aliphatic imine (C=N–C) groups is 1. The number of amides is 1. The average Bonchev–Trinajstić information content (AvgIpc) is 2.87. The normalized spacial score (nSPS) is 22.4. The first-order chi connectivity index (χ1) is 17.1. The van der Waals surface area contributed by atoms with Gasteiger partial charge in [0.15, 0.2) is 0 Å². The smallest absolute Gasteiger partial charge is 0.416 e. The van der Waals surface area contributed by atoms with Crippen LogP contribution in [0.4, 0.5) is 13.2 Å². The van der Waals surface area contributed by atoms with E-state index in [0.717, 1.165) is 37.7 Å². The van der Waals surface area contributed by atoms with Crippen LogP contribution < -0.4 is 15.8 Å². The highest BCUT2D eigenvalue weighted by atomic mass is 19.4. The molecule has 0 bridgehead atoms. The van der Waals surface area contributed by atoms with Gasteiger partial charge < -0.3 is 30.2 Å². The van der Waals surface area contributed by atoms with E-state index in [1.165, 1.54) is 12.1 Å². The Bertz CT molecular complexity index is 988. The third kappa shape index (κ3) is 7.08. The first kappa shape index (κ1) is 27.7. The van der Waals surface area contributed by atoms with Gasteiger partial charge in [-0.3, -0.25) is 4.79 Å². The summed E-state index contributed by atoms with van der Waals surface area (Å²) in [7, 11) is 1.67. The molecule has 11 heteroatoms. The summed E-state index contributed by atoms with van der Waals surface area (Å²) in [6.45, 7) is 7.62. The van der Waals surface area contributed by atoms with Crippen LogP contribution in [-0.4, -0.2) is 68.7 Å². The van der Waals surface area contributed by atoms with Crippen molar-refractivity contribution in [3.63, 3.8) is 0 Å². The van der Waals surface area contributed by atoms with Gasteiger partial charge in [-0.1, -0.05) is 12.6 Å². The first-order valence-corrected chi connectivity index (χ1v) is 11.8. The molecule has 2 heterocycles. The Kier molecular flexibility index (Phi) is 9.52. The molecule has 3 N–H and O–H groups in total. The van der Waals surface area contributed by atoms with Crippen molar-refractivity contribution in [3.05, 3.63) is 53.4 Å². The van der Waals surface area contributed by atoms with Crippen molar-refractivity contribution in [2.45, 2.75) is 50.6 Å². The van der Waals surface area contributed by atoms with Crippen molar-refractivity contribution in [2.75, 3.05) is 33.4 Å². The maximum absolute atomic E-state index is 13.3. The summed E-state index contributed by atoms with van der Waals surface area (Å²) in [5.74, 6) is -0.390. The molecule has 2 fully saturated rings. The minimum absolute atomic E-state index is 0.00248. The Morgan fingerprint density at radius 2 is 2.03 bits per heavy atom. The molecule has 2 aliphatic rings. The van der Waals surface area contributed by atoms with Crippen LogP contribution in [0, 0.1) is 0 Å². The number of carbonyl (C=O) groups excluding carboxylic acids is 1. The largest absolute Gasteiger partial charge is 0.458 e. The molecule has 2 atom stereocenters. The number of allylic oxidation sites excluding steroid dienone is 1. The number of hydrogen-bond donors (Lipinski definition) is 2. The Balaban J connectivity index is 1.64. The van der Waals surface area contributed by atoms with E-state index in [0.29, 0.717) is 26.3 Å². The highest BCUT2D eigenvalue weighted by Crippen LogP contribution is 2.32. The molecule has 2 aliphatic heterocycles. The van der Waals surface area contributed by atoms with Crippen molar-refractivity contribution in [1.82, 2.24) is 10.2 Å². The number of rotatable bonds is 8. The fraction of sp³-hybridized carbons (Fsp3) is 0.520. The van der Waals surface area contributed by atoms with Gasteiger partial charge in [-0.25, -0.2) is 4.99 Å². The zero-order chi connectivity index (χ0) is 26.3. The molecule has 3 rings (SSSR count). The van der Waals surface area contributed by atoms with Crippen LogP contribution in [0.25, 0.3) is 0 Å². The highest BCUT2D eigenvalue weighted by molar-refractivity contribution is 5.95. The standard InChI is InChI=1S/C25H33F3N4O4/c1-16(17(2)36-20-6-4-5-18(13-20)25(26,27)28)23(30-15-29)24(33)32-10-7-19(8-11-32)31-21-9-12-35-14-22(21)34-3/h4-6,13,15,19,21-22,31H,2,7-12,14H2,1,3H3,(H2,29,30)/b23-16-. The molecule has 1 aromatic carbocycles. The third-order valence-corrected chi connectivity index (χ3v) is 6.42. The van der Waals surface area contributed by atoms with E-state index >= 15 is 0 Å². The van der Waals surface area contributed by atoms with Crippen molar-refractivity contribution in [1.29, 1.82) is 0 Å². The van der Waals surface area contributed by atoms with Gasteiger partial charge >= 0.3 is 6.18 Å². The lowest BCUT2D eigenvalue weighted by Gasteiger charge is -2.38. The topological polar surface area (TPSA) is 98.4 Å². The number of alkyl halides is 3. The SMILES string of the molecule is C=C(Oc1cccc(C(F)(F)F)c1)/C(C)=C(\N=C/N)C(=O)N1CCC(NC2CCOCC2OC)CC1. The van der Waals surface area contributed by atoms with Gasteiger partial charge in [-0.15, -0.1) is 0 Å². The lowest BCUT2D eigenvalue weighted by atomic mass is 9.99. The fourth-order valence-corrected chi connectivity index (χ4v) is 4.31. The van der Waals surface area contributed by atoms with E-state index in [9.17, 15) is 18.0 Å².